The number of nitrogens with one attached hydrogen (secondary N) is 1. The first-order chi connectivity index (χ1) is 23.6. The normalized spacial score (nSPS) is 20.6. The number of hydrogen-bond donors (Lipinski definition) is 3. The Labute approximate surface area is 288 Å². The molecule has 2 aliphatic rings. The predicted molar refractivity (Wildman–Crippen MR) is 182 cm³/mol. The highest BCUT2D eigenvalue weighted by atomic mass is 35.5. The number of allylic oxidation sites excluding steroid dienone is 2. The van der Waals surface area contributed by atoms with Gasteiger partial charge in [-0.25, -0.2) is 9.37 Å². The van der Waals surface area contributed by atoms with Crippen molar-refractivity contribution < 1.29 is 28.6 Å². The maximum absolute atomic E-state index is 14.6. The maximum Gasteiger partial charge on any atom is 0.271 e. The molecule has 3 N–H and O–H groups in total. The number of aliphatic hydroxyl groups is 2. The number of rotatable bonds is 10. The van der Waals surface area contributed by atoms with Crippen LogP contribution in [0.25, 0.3) is 16.7 Å². The molecule has 0 radical (unpaired) electrons. The van der Waals surface area contributed by atoms with E-state index in [4.69, 9.17) is 25.7 Å². The molecule has 49 heavy (non-hydrogen) atoms. The van der Waals surface area contributed by atoms with Gasteiger partial charge in [-0.05, 0) is 71.9 Å². The lowest BCUT2D eigenvalue weighted by Crippen LogP contribution is -2.52. The summed E-state index contributed by atoms with van der Waals surface area (Å²) in [6, 6.07) is 15.1. The van der Waals surface area contributed by atoms with Crippen molar-refractivity contribution in [3.63, 3.8) is 0 Å². The lowest BCUT2D eigenvalue weighted by atomic mass is 9.81. The molecule has 2 aromatic heterocycles. The van der Waals surface area contributed by atoms with Gasteiger partial charge in [0.25, 0.3) is 5.91 Å². The fourth-order valence-electron chi connectivity index (χ4n) is 6.48. The second kappa shape index (κ2) is 14.2. The van der Waals surface area contributed by atoms with Crippen molar-refractivity contribution in [2.75, 3.05) is 26.8 Å². The number of aliphatic hydroxyl groups excluding tert-OH is 2. The molecule has 6 rings (SSSR count). The van der Waals surface area contributed by atoms with Crippen molar-refractivity contribution in [2.24, 2.45) is 0 Å². The standard InChI is InChI=1S/C37H37ClFN5O5/c1-23-6-3-4-7-28(23)29-8-5-9-37(33(29)38,43-34(47)31-16-26(21-48-2)27(20-45)18-41-31)35-42-30-15-24(14-25(17-40)32(30)49-35)19-44-12-10-36(39,22-46)11-13-44/h3-9,14-16,18,33,45-46H,10-13,19-22H2,1-2H3,(H,43,47). The van der Waals surface area contributed by atoms with Gasteiger partial charge in [0.05, 0.1) is 30.8 Å². The third kappa shape index (κ3) is 6.75. The van der Waals surface area contributed by atoms with E-state index in [-0.39, 0.29) is 48.8 Å². The molecule has 10 nitrogen and oxygen atoms in total. The van der Waals surface area contributed by atoms with E-state index in [0.717, 1.165) is 22.3 Å². The molecule has 2 aromatic carbocycles. The summed E-state index contributed by atoms with van der Waals surface area (Å²) >= 11 is 7.38. The van der Waals surface area contributed by atoms with E-state index in [1.807, 2.05) is 43.3 Å². The number of methoxy groups -OCH3 is 1. The zero-order chi connectivity index (χ0) is 34.8. The number of fused-ring (bicyclic) bond motifs is 1. The molecule has 0 bridgehead atoms. The van der Waals surface area contributed by atoms with E-state index in [0.29, 0.717) is 36.3 Å². The van der Waals surface area contributed by atoms with E-state index in [1.165, 1.54) is 13.3 Å². The number of pyridine rings is 1. The molecule has 0 spiro atoms. The van der Waals surface area contributed by atoms with Gasteiger partial charge >= 0.3 is 0 Å². The molecule has 1 saturated heterocycles. The largest absolute Gasteiger partial charge is 0.436 e. The predicted octanol–water partition coefficient (Wildman–Crippen LogP) is 5.22. The highest BCUT2D eigenvalue weighted by molar-refractivity contribution is 6.28. The van der Waals surface area contributed by atoms with Crippen molar-refractivity contribution >= 4 is 34.2 Å². The number of aryl methyl sites for hydroxylation is 1. The molecule has 12 heteroatoms. The fourth-order valence-corrected chi connectivity index (χ4v) is 6.89. The fraction of sp³-hybridized carbons (Fsp3) is 0.351. The summed E-state index contributed by atoms with van der Waals surface area (Å²) in [5.74, 6) is -0.490. The first-order valence-electron chi connectivity index (χ1n) is 16.0. The van der Waals surface area contributed by atoms with Crippen LogP contribution in [0.5, 0.6) is 0 Å². The van der Waals surface area contributed by atoms with Gasteiger partial charge in [0.15, 0.2) is 11.1 Å². The van der Waals surface area contributed by atoms with Crippen molar-refractivity contribution in [1.82, 2.24) is 20.2 Å². The zero-order valence-corrected chi connectivity index (χ0v) is 28.0. The van der Waals surface area contributed by atoms with Crippen LogP contribution in [0.4, 0.5) is 4.39 Å². The highest BCUT2D eigenvalue weighted by Gasteiger charge is 2.47. The van der Waals surface area contributed by atoms with Crippen molar-refractivity contribution in [3.05, 3.63) is 112 Å². The number of piperidine rings is 1. The second-order valence-corrected chi connectivity index (χ2v) is 13.1. The van der Waals surface area contributed by atoms with Gasteiger partial charge in [0.2, 0.25) is 5.89 Å². The third-order valence-corrected chi connectivity index (χ3v) is 9.92. The summed E-state index contributed by atoms with van der Waals surface area (Å²) in [5, 5.41) is 31.5. The number of oxazole rings is 1. The van der Waals surface area contributed by atoms with Crippen LogP contribution in [0.1, 0.15) is 62.6 Å². The molecule has 1 aliphatic carbocycles. The topological polar surface area (TPSA) is 145 Å². The number of ether oxygens (including phenoxy) is 1. The van der Waals surface area contributed by atoms with Crippen LogP contribution in [0.15, 0.2) is 71.3 Å². The average molecular weight is 686 g/mol. The Kier molecular flexibility index (Phi) is 9.97. The quantitative estimate of drug-likeness (QED) is 0.191. The smallest absolute Gasteiger partial charge is 0.271 e. The molecule has 2 unspecified atom stereocenters. The minimum Gasteiger partial charge on any atom is -0.436 e. The summed E-state index contributed by atoms with van der Waals surface area (Å²) in [7, 11) is 1.52. The number of amides is 1. The summed E-state index contributed by atoms with van der Waals surface area (Å²) in [6.07, 6.45) is 7.27. The van der Waals surface area contributed by atoms with Gasteiger partial charge in [-0.3, -0.25) is 14.7 Å². The Balaban J connectivity index is 1.41. The molecule has 1 amide bonds. The number of carbonyl (C=O) groups is 1. The zero-order valence-electron chi connectivity index (χ0n) is 27.2. The third-order valence-electron chi connectivity index (χ3n) is 9.34. The van der Waals surface area contributed by atoms with E-state index < -0.39 is 29.1 Å². The Morgan fingerprint density at radius 2 is 2.00 bits per heavy atom. The van der Waals surface area contributed by atoms with E-state index in [1.54, 1.807) is 24.3 Å². The lowest BCUT2D eigenvalue weighted by Gasteiger charge is -2.36. The number of nitrogens with zero attached hydrogens (tertiary/aromatic N) is 4. The Morgan fingerprint density at radius 1 is 1.22 bits per heavy atom. The number of halogens is 2. The SMILES string of the molecule is COCc1cc(C(=O)NC2(c3nc4cc(CN5CCC(F)(CO)CC5)cc(C#N)c4o3)C=CC=C(c3ccccc3C)C2Cl)ncc1CO. The second-order valence-electron chi connectivity index (χ2n) is 12.6. The van der Waals surface area contributed by atoms with Crippen LogP contribution in [-0.2, 0) is 30.0 Å². The lowest BCUT2D eigenvalue weighted by molar-refractivity contribution is 0.00675. The van der Waals surface area contributed by atoms with Crippen molar-refractivity contribution in [1.29, 1.82) is 5.26 Å². The number of carbonyl (C=O) groups excluding carboxylic acids is 1. The summed E-state index contributed by atoms with van der Waals surface area (Å²) in [5.41, 5.74) is 2.41. The summed E-state index contributed by atoms with van der Waals surface area (Å²) < 4.78 is 26.3. The average Bonchev–Trinajstić information content (AvgIpc) is 3.55. The molecular formula is C37H37ClFN5O5. The van der Waals surface area contributed by atoms with Gasteiger partial charge < -0.3 is 24.7 Å². The van der Waals surface area contributed by atoms with Gasteiger partial charge in [0, 0.05) is 38.5 Å². The Bertz CT molecular complexity index is 1980. The number of hydrogen-bond acceptors (Lipinski definition) is 9. The monoisotopic (exact) mass is 685 g/mol. The van der Waals surface area contributed by atoms with Crippen LogP contribution >= 0.6 is 11.6 Å². The summed E-state index contributed by atoms with van der Waals surface area (Å²) in [4.78, 5) is 25.3. The molecule has 1 aliphatic heterocycles. The Morgan fingerprint density at radius 3 is 2.69 bits per heavy atom. The number of aromatic nitrogens is 2. The van der Waals surface area contributed by atoms with Crippen molar-refractivity contribution in [3.8, 4) is 6.07 Å². The molecule has 254 valence electrons. The summed E-state index contributed by atoms with van der Waals surface area (Å²) in [6.45, 7) is 2.75. The van der Waals surface area contributed by atoms with Crippen molar-refractivity contribution in [2.45, 2.75) is 56.1 Å². The molecule has 1 fully saturated rings. The first-order valence-corrected chi connectivity index (χ1v) is 16.4. The molecule has 2 atom stereocenters. The molecule has 0 saturated carbocycles. The molecule has 3 heterocycles. The van der Waals surface area contributed by atoms with E-state index in [2.05, 4.69) is 21.3 Å². The first kappa shape index (κ1) is 34.4. The van der Waals surface area contributed by atoms with E-state index >= 15 is 0 Å². The van der Waals surface area contributed by atoms with E-state index in [9.17, 15) is 24.7 Å². The van der Waals surface area contributed by atoms with Crippen LogP contribution in [0, 0.1) is 18.3 Å². The molecule has 4 aromatic rings. The van der Waals surface area contributed by atoms with Gasteiger partial charge in [-0.15, -0.1) is 11.6 Å². The van der Waals surface area contributed by atoms with Crippen LogP contribution < -0.4 is 5.32 Å². The minimum absolute atomic E-state index is 0.0732. The number of nitriles is 1. The van der Waals surface area contributed by atoms with Crippen LogP contribution in [0.3, 0.4) is 0 Å². The van der Waals surface area contributed by atoms with Gasteiger partial charge in [0.1, 0.15) is 22.9 Å². The van der Waals surface area contributed by atoms with Crippen LogP contribution in [0.2, 0.25) is 0 Å². The Hall–Kier alpha value is -4.44. The molecular weight excluding hydrogens is 649 g/mol. The van der Waals surface area contributed by atoms with Gasteiger partial charge in [-0.2, -0.15) is 5.26 Å². The maximum atomic E-state index is 14.6. The number of likely N-dealkylation sites (tertiary alicyclic amines) is 1. The number of alkyl halides is 2. The van der Waals surface area contributed by atoms with Crippen LogP contribution in [-0.4, -0.2) is 68.8 Å². The minimum atomic E-state index is -1.57. The van der Waals surface area contributed by atoms with Gasteiger partial charge in [-0.1, -0.05) is 36.4 Å². The number of benzene rings is 2. The highest BCUT2D eigenvalue weighted by Crippen LogP contribution is 2.43.